The quantitative estimate of drug-likeness (QED) is 0.598. The highest BCUT2D eigenvalue weighted by Crippen LogP contribution is 2.43. The van der Waals surface area contributed by atoms with E-state index in [1.807, 2.05) is 45.9 Å². The van der Waals surface area contributed by atoms with Gasteiger partial charge in [0.15, 0.2) is 5.17 Å². The van der Waals surface area contributed by atoms with Crippen LogP contribution >= 0.6 is 23.4 Å². The van der Waals surface area contributed by atoms with E-state index in [0.29, 0.717) is 22.2 Å². The molecule has 0 aliphatic carbocycles. The molecule has 2 aromatic rings. The van der Waals surface area contributed by atoms with E-state index in [2.05, 4.69) is 9.98 Å². The highest BCUT2D eigenvalue weighted by Gasteiger charge is 2.42. The van der Waals surface area contributed by atoms with Crippen molar-refractivity contribution in [3.05, 3.63) is 63.9 Å². The Morgan fingerprint density at radius 1 is 1.31 bits per heavy atom. The average Bonchev–Trinajstić information content (AvgIpc) is 2.75. The van der Waals surface area contributed by atoms with Crippen molar-refractivity contribution in [2.24, 2.45) is 10.7 Å². The number of thioether (sulfide) groups is 1. The van der Waals surface area contributed by atoms with Gasteiger partial charge < -0.3 is 10.6 Å². The van der Waals surface area contributed by atoms with Gasteiger partial charge in [-0.15, -0.1) is 0 Å². The van der Waals surface area contributed by atoms with Crippen molar-refractivity contribution < 1.29 is 9.18 Å². The topological polar surface area (TPSA) is 71.6 Å². The maximum atomic E-state index is 14.7. The van der Waals surface area contributed by atoms with Crippen LogP contribution in [0.2, 0.25) is 5.02 Å². The zero-order valence-electron chi connectivity index (χ0n) is 19.3. The van der Waals surface area contributed by atoms with Crippen LogP contribution in [0.25, 0.3) is 11.9 Å². The second-order valence-corrected chi connectivity index (χ2v) is 9.65. The van der Waals surface area contributed by atoms with Gasteiger partial charge in [0.05, 0.1) is 16.8 Å². The highest BCUT2D eigenvalue weighted by atomic mass is 35.5. The van der Waals surface area contributed by atoms with E-state index in [-0.39, 0.29) is 17.6 Å². The van der Waals surface area contributed by atoms with Crippen LogP contribution in [-0.4, -0.2) is 39.8 Å². The molecule has 0 radical (unpaired) electrons. The van der Waals surface area contributed by atoms with Crippen LogP contribution in [-0.2, 0) is 4.79 Å². The number of nitrogens with two attached hydrogens (primary N) is 1. The van der Waals surface area contributed by atoms with E-state index in [1.54, 1.807) is 25.1 Å². The first-order chi connectivity index (χ1) is 15.1. The minimum absolute atomic E-state index is 0.0103. The Morgan fingerprint density at radius 3 is 2.59 bits per heavy atom. The molecular formula is C24H30ClFN4OS. The van der Waals surface area contributed by atoms with E-state index in [4.69, 9.17) is 17.3 Å². The number of hydrogen-bond donors (Lipinski definition) is 1. The predicted octanol–water partition coefficient (Wildman–Crippen LogP) is 5.88. The molecule has 0 spiro atoms. The lowest BCUT2D eigenvalue weighted by molar-refractivity contribution is -0.131. The number of pyridine rings is 1. The van der Waals surface area contributed by atoms with Gasteiger partial charge in [-0.2, -0.15) is 0 Å². The maximum absolute atomic E-state index is 14.7. The second-order valence-electron chi connectivity index (χ2n) is 7.69. The summed E-state index contributed by atoms with van der Waals surface area (Å²) in [7, 11) is 3.46. The minimum Gasteiger partial charge on any atom is -0.378 e. The largest absolute Gasteiger partial charge is 0.378 e. The first-order valence-corrected chi connectivity index (χ1v) is 11.6. The lowest BCUT2D eigenvalue weighted by atomic mass is 9.90. The SMILES string of the molecule is CC.Cc1ccc(/C=C(\F)c2ccc(Cl)cn2)cc1C1CC(C)(C(=O)N(C)C)SC(N)=N1. The summed E-state index contributed by atoms with van der Waals surface area (Å²) in [5, 5.41) is 0.825. The summed E-state index contributed by atoms with van der Waals surface area (Å²) >= 11 is 7.11. The van der Waals surface area contributed by atoms with Gasteiger partial charge in [-0.25, -0.2) is 4.39 Å². The van der Waals surface area contributed by atoms with Crippen molar-refractivity contribution in [1.82, 2.24) is 9.88 Å². The summed E-state index contributed by atoms with van der Waals surface area (Å²) in [6.07, 6.45) is 3.34. The van der Waals surface area contributed by atoms with Crippen LogP contribution in [0.5, 0.6) is 0 Å². The van der Waals surface area contributed by atoms with Gasteiger partial charge in [0.2, 0.25) is 5.91 Å². The highest BCUT2D eigenvalue weighted by molar-refractivity contribution is 8.15. The molecule has 3 rings (SSSR count). The van der Waals surface area contributed by atoms with Crippen molar-refractivity contribution in [3.8, 4) is 0 Å². The number of benzene rings is 1. The smallest absolute Gasteiger partial charge is 0.238 e. The Morgan fingerprint density at radius 2 is 2.00 bits per heavy atom. The van der Waals surface area contributed by atoms with Gasteiger partial charge in [-0.1, -0.05) is 49.3 Å². The molecule has 1 aromatic carbocycles. The Hall–Kier alpha value is -2.38. The first kappa shape index (κ1) is 25.9. The fourth-order valence-corrected chi connectivity index (χ4v) is 4.76. The summed E-state index contributed by atoms with van der Waals surface area (Å²) in [4.78, 5) is 22.9. The number of aliphatic imine (C=N–C) groups is 1. The number of carbonyl (C=O) groups excluding carboxylic acids is 1. The molecule has 1 aliphatic heterocycles. The number of aryl methyl sites for hydroxylation is 1. The van der Waals surface area contributed by atoms with E-state index < -0.39 is 10.6 Å². The Bertz CT molecular complexity index is 1020. The monoisotopic (exact) mass is 476 g/mol. The third-order valence-electron chi connectivity index (χ3n) is 4.98. The molecule has 0 saturated heterocycles. The number of aromatic nitrogens is 1. The number of amides is 1. The molecule has 2 heterocycles. The van der Waals surface area contributed by atoms with Crippen LogP contribution in [0.1, 0.15) is 55.6 Å². The second kappa shape index (κ2) is 11.0. The van der Waals surface area contributed by atoms with Gasteiger partial charge in [0, 0.05) is 20.3 Å². The predicted molar refractivity (Wildman–Crippen MR) is 134 cm³/mol. The summed E-state index contributed by atoms with van der Waals surface area (Å²) in [6, 6.07) is 8.49. The third-order valence-corrected chi connectivity index (χ3v) is 6.31. The molecule has 1 aromatic heterocycles. The van der Waals surface area contributed by atoms with Crippen molar-refractivity contribution in [1.29, 1.82) is 0 Å². The number of halogens is 2. The van der Waals surface area contributed by atoms with E-state index in [1.165, 1.54) is 30.1 Å². The molecule has 32 heavy (non-hydrogen) atoms. The number of rotatable bonds is 4. The molecule has 0 saturated carbocycles. The first-order valence-electron chi connectivity index (χ1n) is 10.4. The van der Waals surface area contributed by atoms with E-state index >= 15 is 0 Å². The fourth-order valence-electron chi connectivity index (χ4n) is 3.50. The molecule has 8 heteroatoms. The van der Waals surface area contributed by atoms with Gasteiger partial charge in [0.1, 0.15) is 10.6 Å². The third kappa shape index (κ3) is 6.11. The van der Waals surface area contributed by atoms with E-state index in [0.717, 1.165) is 11.1 Å². The van der Waals surface area contributed by atoms with Crippen molar-refractivity contribution in [3.63, 3.8) is 0 Å². The molecule has 2 atom stereocenters. The average molecular weight is 477 g/mol. The molecule has 172 valence electrons. The lowest BCUT2D eigenvalue weighted by Crippen LogP contribution is -2.45. The lowest BCUT2D eigenvalue weighted by Gasteiger charge is -2.36. The summed E-state index contributed by atoms with van der Waals surface area (Å²) in [6.45, 7) is 7.86. The maximum Gasteiger partial charge on any atom is 0.238 e. The fraction of sp³-hybridized carbons (Fsp3) is 0.375. The molecule has 2 N–H and O–H groups in total. The standard InChI is InChI=1S/C22H24ClFN4OS.C2H6/c1-13-5-6-14(10-17(24)18-8-7-15(23)12-26-18)9-16(13)19-11-22(2,20(29)28(3)4)30-21(25)27-19;1-2/h5-10,12,19H,11H2,1-4H3,(H2,25,27);1-2H3/b17-10-;. The normalized spacial score (nSPS) is 20.7. The molecule has 1 amide bonds. The summed E-state index contributed by atoms with van der Waals surface area (Å²) in [5.41, 5.74) is 8.90. The van der Waals surface area contributed by atoms with Gasteiger partial charge >= 0.3 is 0 Å². The van der Waals surface area contributed by atoms with Crippen molar-refractivity contribution >= 4 is 46.3 Å². The van der Waals surface area contributed by atoms with Crippen LogP contribution in [0, 0.1) is 6.92 Å². The van der Waals surface area contributed by atoms with Crippen molar-refractivity contribution in [2.45, 2.75) is 44.9 Å². The van der Waals surface area contributed by atoms with E-state index in [9.17, 15) is 9.18 Å². The molecule has 0 bridgehead atoms. The molecule has 1 aliphatic rings. The number of hydrogen-bond acceptors (Lipinski definition) is 5. The molecule has 2 unspecified atom stereocenters. The van der Waals surface area contributed by atoms with Crippen LogP contribution in [0.3, 0.4) is 0 Å². The Labute approximate surface area is 199 Å². The van der Waals surface area contributed by atoms with Gasteiger partial charge in [-0.3, -0.25) is 14.8 Å². The molecule has 5 nitrogen and oxygen atoms in total. The summed E-state index contributed by atoms with van der Waals surface area (Å²) in [5.74, 6) is -0.472. The minimum atomic E-state index is -0.712. The molecule has 0 fully saturated rings. The number of nitrogens with zero attached hydrogens (tertiary/aromatic N) is 3. The Balaban J connectivity index is 0.00000176. The zero-order valence-corrected chi connectivity index (χ0v) is 20.9. The van der Waals surface area contributed by atoms with Gasteiger partial charge in [-0.05, 0) is 61.2 Å². The Kier molecular flexibility index (Phi) is 8.87. The van der Waals surface area contributed by atoms with Gasteiger partial charge in [0.25, 0.3) is 0 Å². The zero-order chi connectivity index (χ0) is 24.1. The number of amidine groups is 1. The van der Waals surface area contributed by atoms with Crippen LogP contribution < -0.4 is 5.73 Å². The molecular weight excluding hydrogens is 447 g/mol. The summed E-state index contributed by atoms with van der Waals surface area (Å²) < 4.78 is 13.9. The van der Waals surface area contributed by atoms with Crippen LogP contribution in [0.15, 0.2) is 41.5 Å². The van der Waals surface area contributed by atoms with Crippen LogP contribution in [0.4, 0.5) is 4.39 Å². The van der Waals surface area contributed by atoms with Crippen molar-refractivity contribution in [2.75, 3.05) is 14.1 Å². The number of carbonyl (C=O) groups is 1.